The van der Waals surface area contributed by atoms with Crippen LogP contribution in [0.3, 0.4) is 0 Å². The highest BCUT2D eigenvalue weighted by atomic mass is 16.5. The summed E-state index contributed by atoms with van der Waals surface area (Å²) in [6.07, 6.45) is 3.06. The van der Waals surface area contributed by atoms with E-state index >= 15 is 0 Å². The highest BCUT2D eigenvalue weighted by molar-refractivity contribution is 5.89. The first-order valence-electron chi connectivity index (χ1n) is 6.66. The Morgan fingerprint density at radius 2 is 1.86 bits per heavy atom. The Kier molecular flexibility index (Phi) is 2.82. The first-order chi connectivity index (χ1) is 10.8. The van der Waals surface area contributed by atoms with Crippen molar-refractivity contribution in [3.8, 4) is 11.3 Å². The van der Waals surface area contributed by atoms with Crippen LogP contribution in [-0.2, 0) is 0 Å². The van der Waals surface area contributed by atoms with E-state index in [0.29, 0.717) is 11.5 Å². The van der Waals surface area contributed by atoms with Crippen molar-refractivity contribution in [2.45, 2.75) is 6.92 Å². The molecule has 0 saturated carbocycles. The normalized spacial score (nSPS) is 11.0. The molecule has 0 aliphatic carbocycles. The molecule has 3 heterocycles. The van der Waals surface area contributed by atoms with Crippen LogP contribution >= 0.6 is 0 Å². The van der Waals surface area contributed by atoms with Gasteiger partial charge in [-0.05, 0) is 31.2 Å². The highest BCUT2D eigenvalue weighted by Gasteiger charge is 2.12. The number of aryl methyl sites for hydroxylation is 1. The van der Waals surface area contributed by atoms with Crippen LogP contribution < -0.4 is 5.32 Å². The van der Waals surface area contributed by atoms with Crippen LogP contribution in [0.25, 0.3) is 22.4 Å². The summed E-state index contributed by atoms with van der Waals surface area (Å²) in [5, 5.41) is 11.6. The minimum Gasteiger partial charge on any atom is -0.356 e. The van der Waals surface area contributed by atoms with Crippen molar-refractivity contribution in [1.29, 1.82) is 0 Å². The Morgan fingerprint density at radius 1 is 1.00 bits per heavy atom. The summed E-state index contributed by atoms with van der Waals surface area (Å²) in [7, 11) is 0. The van der Waals surface area contributed by atoms with E-state index in [-0.39, 0.29) is 0 Å². The van der Waals surface area contributed by atoms with E-state index in [4.69, 9.17) is 9.05 Å². The number of nitrogens with one attached hydrogen (secondary N) is 1. The number of anilines is 2. The fourth-order valence-electron chi connectivity index (χ4n) is 2.24. The van der Waals surface area contributed by atoms with Gasteiger partial charge >= 0.3 is 0 Å². The average molecular weight is 293 g/mol. The largest absolute Gasteiger partial charge is 0.356 e. The van der Waals surface area contributed by atoms with Gasteiger partial charge in [0.15, 0.2) is 5.76 Å². The fraction of sp³-hybridized carbons (Fsp3) is 0.0667. The molecule has 0 amide bonds. The number of nitrogens with zero attached hydrogens (tertiary/aromatic N) is 4. The van der Waals surface area contributed by atoms with Gasteiger partial charge in [0.1, 0.15) is 17.5 Å². The molecule has 0 unspecified atom stereocenters. The van der Waals surface area contributed by atoms with Crippen LogP contribution in [0, 0.1) is 6.92 Å². The lowest BCUT2D eigenvalue weighted by molar-refractivity contribution is 0.432. The van der Waals surface area contributed by atoms with Crippen molar-refractivity contribution >= 4 is 22.6 Å². The number of rotatable bonds is 3. The van der Waals surface area contributed by atoms with Gasteiger partial charge < -0.3 is 14.4 Å². The molecule has 0 fully saturated rings. The van der Waals surface area contributed by atoms with E-state index in [1.165, 1.54) is 6.33 Å². The number of benzene rings is 1. The zero-order valence-corrected chi connectivity index (χ0v) is 11.6. The van der Waals surface area contributed by atoms with E-state index in [1.54, 1.807) is 6.20 Å². The van der Waals surface area contributed by atoms with Crippen LogP contribution in [0.5, 0.6) is 0 Å². The number of aromatic nitrogens is 4. The van der Waals surface area contributed by atoms with Crippen LogP contribution in [0.15, 0.2) is 51.9 Å². The third kappa shape index (κ3) is 2.08. The molecule has 0 saturated heterocycles. The maximum atomic E-state index is 5.13. The van der Waals surface area contributed by atoms with Crippen molar-refractivity contribution in [1.82, 2.24) is 20.3 Å². The zero-order valence-electron chi connectivity index (χ0n) is 11.6. The molecule has 0 atom stereocenters. The second kappa shape index (κ2) is 4.96. The summed E-state index contributed by atoms with van der Waals surface area (Å²) >= 11 is 0. The standard InChI is InChI=1S/C15H11N5O2/c1-9-13-14(16-8-17-15(13)22-20-9)19-11-4-2-10(3-5-11)12-6-7-18-21-12/h2-8H,1H3,(H,16,17,19). The van der Waals surface area contributed by atoms with Crippen molar-refractivity contribution in [2.24, 2.45) is 0 Å². The predicted molar refractivity (Wildman–Crippen MR) is 79.6 cm³/mol. The van der Waals surface area contributed by atoms with Crippen molar-refractivity contribution in [3.63, 3.8) is 0 Å². The van der Waals surface area contributed by atoms with E-state index in [1.807, 2.05) is 37.3 Å². The molecule has 4 aromatic rings. The Labute approximate surface area is 125 Å². The summed E-state index contributed by atoms with van der Waals surface area (Å²) in [4.78, 5) is 8.31. The molecule has 0 aliphatic heterocycles. The van der Waals surface area contributed by atoms with Crippen molar-refractivity contribution < 1.29 is 9.05 Å². The van der Waals surface area contributed by atoms with Gasteiger partial charge in [-0.1, -0.05) is 10.3 Å². The van der Waals surface area contributed by atoms with Gasteiger partial charge in [0.2, 0.25) is 0 Å². The number of fused-ring (bicyclic) bond motifs is 1. The molecule has 0 radical (unpaired) electrons. The van der Waals surface area contributed by atoms with Gasteiger partial charge in [-0.3, -0.25) is 0 Å². The summed E-state index contributed by atoms with van der Waals surface area (Å²) in [5.74, 6) is 1.39. The van der Waals surface area contributed by atoms with E-state index in [9.17, 15) is 0 Å². The lowest BCUT2D eigenvalue weighted by atomic mass is 10.1. The molecule has 0 spiro atoms. The first kappa shape index (κ1) is 12.5. The zero-order chi connectivity index (χ0) is 14.9. The topological polar surface area (TPSA) is 89.9 Å². The lowest BCUT2D eigenvalue weighted by Gasteiger charge is -2.06. The number of hydrogen-bond acceptors (Lipinski definition) is 7. The molecule has 1 N–H and O–H groups in total. The Balaban J connectivity index is 1.67. The van der Waals surface area contributed by atoms with Crippen LogP contribution in [0.1, 0.15) is 5.69 Å². The van der Waals surface area contributed by atoms with Crippen molar-refractivity contribution in [3.05, 3.63) is 48.5 Å². The van der Waals surface area contributed by atoms with Crippen LogP contribution in [0.4, 0.5) is 11.5 Å². The molecule has 0 aliphatic rings. The molecule has 7 nitrogen and oxygen atoms in total. The average Bonchev–Trinajstić information content (AvgIpc) is 3.19. The Hall–Kier alpha value is -3.22. The fourth-order valence-corrected chi connectivity index (χ4v) is 2.24. The van der Waals surface area contributed by atoms with E-state index in [0.717, 1.165) is 28.1 Å². The maximum Gasteiger partial charge on any atom is 0.263 e. The quantitative estimate of drug-likeness (QED) is 0.619. The van der Waals surface area contributed by atoms with Crippen molar-refractivity contribution in [2.75, 3.05) is 5.32 Å². The summed E-state index contributed by atoms with van der Waals surface area (Å²) in [6, 6.07) is 9.59. The smallest absolute Gasteiger partial charge is 0.263 e. The molecule has 108 valence electrons. The maximum absolute atomic E-state index is 5.13. The van der Waals surface area contributed by atoms with Gasteiger partial charge in [-0.15, -0.1) is 0 Å². The monoisotopic (exact) mass is 293 g/mol. The second-order valence-corrected chi connectivity index (χ2v) is 4.75. The molecule has 0 bridgehead atoms. The minimum absolute atomic E-state index is 0.466. The molecular weight excluding hydrogens is 282 g/mol. The SMILES string of the molecule is Cc1noc2ncnc(Nc3ccc(-c4ccno4)cc3)c12. The summed E-state index contributed by atoms with van der Waals surface area (Å²) in [5.41, 5.74) is 3.06. The Morgan fingerprint density at radius 3 is 2.64 bits per heavy atom. The number of hydrogen-bond donors (Lipinski definition) is 1. The third-order valence-corrected chi connectivity index (χ3v) is 3.31. The highest BCUT2D eigenvalue weighted by Crippen LogP contribution is 2.27. The molecule has 22 heavy (non-hydrogen) atoms. The molecule has 1 aromatic carbocycles. The second-order valence-electron chi connectivity index (χ2n) is 4.75. The summed E-state index contributed by atoms with van der Waals surface area (Å²) in [6.45, 7) is 1.85. The minimum atomic E-state index is 0.466. The van der Waals surface area contributed by atoms with Gasteiger partial charge in [0.05, 0.1) is 11.9 Å². The van der Waals surface area contributed by atoms with Crippen LogP contribution in [0.2, 0.25) is 0 Å². The Bertz CT molecular complexity index is 913. The van der Waals surface area contributed by atoms with E-state index < -0.39 is 0 Å². The van der Waals surface area contributed by atoms with Gasteiger partial charge in [0, 0.05) is 17.3 Å². The van der Waals surface area contributed by atoms with Crippen LogP contribution in [-0.4, -0.2) is 20.3 Å². The van der Waals surface area contributed by atoms with E-state index in [2.05, 4.69) is 25.6 Å². The predicted octanol–water partition coefficient (Wildman–Crippen LogP) is 3.32. The summed E-state index contributed by atoms with van der Waals surface area (Å²) < 4.78 is 10.3. The molecular formula is C15H11N5O2. The molecule has 7 heteroatoms. The lowest BCUT2D eigenvalue weighted by Crippen LogP contribution is -1.95. The van der Waals surface area contributed by atoms with Gasteiger partial charge in [0.25, 0.3) is 5.71 Å². The first-order valence-corrected chi connectivity index (χ1v) is 6.66. The van der Waals surface area contributed by atoms with Gasteiger partial charge in [-0.2, -0.15) is 4.98 Å². The third-order valence-electron chi connectivity index (χ3n) is 3.31. The molecule has 3 aromatic heterocycles. The van der Waals surface area contributed by atoms with Gasteiger partial charge in [-0.25, -0.2) is 4.98 Å². The molecule has 4 rings (SSSR count).